The van der Waals surface area contributed by atoms with Crippen LogP contribution in [0.15, 0.2) is 36.7 Å². The van der Waals surface area contributed by atoms with Crippen LogP contribution in [-0.2, 0) is 9.53 Å². The van der Waals surface area contributed by atoms with Gasteiger partial charge < -0.3 is 15.0 Å². The Bertz CT molecular complexity index is 914. The van der Waals surface area contributed by atoms with Gasteiger partial charge in [0, 0.05) is 37.0 Å². The van der Waals surface area contributed by atoms with Crippen LogP contribution in [0, 0.1) is 11.8 Å². The van der Waals surface area contributed by atoms with Gasteiger partial charge in [-0.05, 0) is 55.5 Å². The van der Waals surface area contributed by atoms with E-state index in [4.69, 9.17) is 4.74 Å². The minimum Gasteiger partial charge on any atom is -0.462 e. The van der Waals surface area contributed by atoms with Gasteiger partial charge in [-0.2, -0.15) is 0 Å². The zero-order valence-electron chi connectivity index (χ0n) is 17.0. The number of hydrogen-bond acceptors (Lipinski definition) is 6. The van der Waals surface area contributed by atoms with Gasteiger partial charge in [-0.15, -0.1) is 0 Å². The molecule has 1 aliphatic carbocycles. The third-order valence-electron chi connectivity index (χ3n) is 5.79. The first kappa shape index (κ1) is 19.4. The molecule has 29 heavy (non-hydrogen) atoms. The number of carbonyl (C=O) groups is 2. The van der Waals surface area contributed by atoms with Gasteiger partial charge in [0.15, 0.2) is 0 Å². The fourth-order valence-corrected chi connectivity index (χ4v) is 4.42. The van der Waals surface area contributed by atoms with Gasteiger partial charge in [-0.1, -0.05) is 6.92 Å². The molecule has 152 valence electrons. The highest BCUT2D eigenvalue weighted by atomic mass is 16.5. The molecule has 7 nitrogen and oxygen atoms in total. The molecular weight excluding hydrogens is 368 g/mol. The van der Waals surface area contributed by atoms with E-state index in [9.17, 15) is 9.59 Å². The highest BCUT2D eigenvalue weighted by molar-refractivity contribution is 5.96. The Kier molecular flexibility index (Phi) is 5.22. The first-order valence-electron chi connectivity index (χ1n) is 10.2. The van der Waals surface area contributed by atoms with E-state index in [2.05, 4.69) is 22.2 Å². The van der Waals surface area contributed by atoms with Crippen LogP contribution in [0.3, 0.4) is 0 Å². The molecule has 3 atom stereocenters. The maximum absolute atomic E-state index is 12.6. The SMILES string of the molecule is CCOC(=O)c1ccc2c(c1)C(Nc1ncccn1)C(C)[C@H](C1CC1)N2C(C)=O. The summed E-state index contributed by atoms with van der Waals surface area (Å²) in [5.41, 5.74) is 2.21. The fraction of sp³-hybridized carbons (Fsp3) is 0.455. The van der Waals surface area contributed by atoms with Crippen molar-refractivity contribution in [3.05, 3.63) is 47.8 Å². The molecule has 1 saturated carbocycles. The quantitative estimate of drug-likeness (QED) is 0.780. The van der Waals surface area contributed by atoms with Gasteiger partial charge in [0.1, 0.15) is 0 Å². The summed E-state index contributed by atoms with van der Waals surface area (Å²) in [6.07, 6.45) is 5.64. The van der Waals surface area contributed by atoms with Crippen LogP contribution < -0.4 is 10.2 Å². The topological polar surface area (TPSA) is 84.4 Å². The lowest BCUT2D eigenvalue weighted by Crippen LogP contribution is -2.51. The van der Waals surface area contributed by atoms with Crippen LogP contribution in [-0.4, -0.2) is 34.5 Å². The van der Waals surface area contributed by atoms with E-state index < -0.39 is 0 Å². The van der Waals surface area contributed by atoms with Crippen molar-refractivity contribution < 1.29 is 14.3 Å². The highest BCUT2D eigenvalue weighted by Crippen LogP contribution is 2.50. The lowest BCUT2D eigenvalue weighted by atomic mass is 9.79. The van der Waals surface area contributed by atoms with Gasteiger partial charge in [0.2, 0.25) is 11.9 Å². The minimum absolute atomic E-state index is 0.0216. The van der Waals surface area contributed by atoms with Crippen molar-refractivity contribution in [3.8, 4) is 0 Å². The molecule has 2 unspecified atom stereocenters. The molecule has 0 radical (unpaired) electrons. The smallest absolute Gasteiger partial charge is 0.338 e. The Morgan fingerprint density at radius 1 is 1.24 bits per heavy atom. The molecule has 0 saturated heterocycles. The van der Waals surface area contributed by atoms with Crippen molar-refractivity contribution >= 4 is 23.5 Å². The van der Waals surface area contributed by atoms with Gasteiger partial charge >= 0.3 is 5.97 Å². The molecule has 1 aliphatic heterocycles. The summed E-state index contributed by atoms with van der Waals surface area (Å²) in [7, 11) is 0. The Hall–Kier alpha value is -2.96. The molecule has 1 fully saturated rings. The van der Waals surface area contributed by atoms with Crippen LogP contribution in [0.2, 0.25) is 0 Å². The van der Waals surface area contributed by atoms with Crippen LogP contribution in [0.25, 0.3) is 0 Å². The zero-order chi connectivity index (χ0) is 20.5. The van der Waals surface area contributed by atoms with E-state index >= 15 is 0 Å². The van der Waals surface area contributed by atoms with Crippen molar-refractivity contribution in [2.75, 3.05) is 16.8 Å². The first-order valence-corrected chi connectivity index (χ1v) is 10.2. The number of ether oxygens (including phenoxy) is 1. The van der Waals surface area contributed by atoms with Gasteiger partial charge in [0.05, 0.1) is 18.2 Å². The first-order chi connectivity index (χ1) is 14.0. The summed E-state index contributed by atoms with van der Waals surface area (Å²) >= 11 is 0. The summed E-state index contributed by atoms with van der Waals surface area (Å²) in [5, 5.41) is 3.44. The third-order valence-corrected chi connectivity index (χ3v) is 5.79. The summed E-state index contributed by atoms with van der Waals surface area (Å²) < 4.78 is 5.18. The molecule has 7 heteroatoms. The van der Waals surface area contributed by atoms with Gasteiger partial charge in [-0.3, -0.25) is 4.79 Å². The molecule has 1 amide bonds. The van der Waals surface area contributed by atoms with Crippen molar-refractivity contribution in [3.63, 3.8) is 0 Å². The van der Waals surface area contributed by atoms with Crippen molar-refractivity contribution in [2.45, 2.75) is 45.7 Å². The molecular formula is C22H26N4O3. The number of amides is 1. The maximum atomic E-state index is 12.6. The lowest BCUT2D eigenvalue weighted by Gasteiger charge is -2.45. The average molecular weight is 394 g/mol. The number of hydrogen-bond donors (Lipinski definition) is 1. The number of aromatic nitrogens is 2. The predicted molar refractivity (Wildman–Crippen MR) is 110 cm³/mol. The maximum Gasteiger partial charge on any atom is 0.338 e. The third kappa shape index (κ3) is 3.69. The van der Waals surface area contributed by atoms with E-state index in [-0.39, 0.29) is 29.9 Å². The number of benzene rings is 1. The Balaban J connectivity index is 1.81. The Morgan fingerprint density at radius 2 is 1.97 bits per heavy atom. The van der Waals surface area contributed by atoms with Gasteiger partial charge in [0.25, 0.3) is 0 Å². The van der Waals surface area contributed by atoms with Gasteiger partial charge in [-0.25, -0.2) is 14.8 Å². The van der Waals surface area contributed by atoms with Crippen LogP contribution in [0.5, 0.6) is 0 Å². The number of nitrogens with zero attached hydrogens (tertiary/aromatic N) is 3. The summed E-state index contributed by atoms with van der Waals surface area (Å²) in [6, 6.07) is 7.20. The van der Waals surface area contributed by atoms with E-state index in [1.807, 2.05) is 17.0 Å². The Morgan fingerprint density at radius 3 is 2.59 bits per heavy atom. The second-order valence-electron chi connectivity index (χ2n) is 7.76. The second-order valence-corrected chi connectivity index (χ2v) is 7.76. The van der Waals surface area contributed by atoms with Crippen LogP contribution in [0.1, 0.15) is 55.6 Å². The fourth-order valence-electron chi connectivity index (χ4n) is 4.42. The monoisotopic (exact) mass is 394 g/mol. The van der Waals surface area contributed by atoms with Crippen LogP contribution >= 0.6 is 0 Å². The van der Waals surface area contributed by atoms with Crippen LogP contribution in [0.4, 0.5) is 11.6 Å². The molecule has 2 aliphatic rings. The number of esters is 1. The van der Waals surface area contributed by atoms with Crippen molar-refractivity contribution in [1.82, 2.24) is 9.97 Å². The van der Waals surface area contributed by atoms with E-state index in [1.165, 1.54) is 0 Å². The summed E-state index contributed by atoms with van der Waals surface area (Å²) in [6.45, 7) is 5.86. The molecule has 0 bridgehead atoms. The van der Waals surface area contributed by atoms with Crippen molar-refractivity contribution in [2.24, 2.45) is 11.8 Å². The highest BCUT2D eigenvalue weighted by Gasteiger charge is 2.47. The number of carbonyl (C=O) groups excluding carboxylic acids is 2. The van der Waals surface area contributed by atoms with Crippen molar-refractivity contribution in [1.29, 1.82) is 0 Å². The van der Waals surface area contributed by atoms with E-state index in [1.54, 1.807) is 38.4 Å². The minimum atomic E-state index is -0.364. The summed E-state index contributed by atoms with van der Waals surface area (Å²) in [5.74, 6) is 0.806. The Labute approximate surface area is 170 Å². The van der Waals surface area contributed by atoms with E-state index in [0.29, 0.717) is 24.0 Å². The molecule has 1 N–H and O–H groups in total. The number of fused-ring (bicyclic) bond motifs is 1. The number of rotatable bonds is 5. The largest absolute Gasteiger partial charge is 0.462 e. The predicted octanol–water partition coefficient (Wildman–Crippen LogP) is 3.59. The number of anilines is 2. The summed E-state index contributed by atoms with van der Waals surface area (Å²) in [4.78, 5) is 35.5. The average Bonchev–Trinajstić information content (AvgIpc) is 3.55. The molecule has 1 aromatic carbocycles. The zero-order valence-corrected chi connectivity index (χ0v) is 17.0. The molecule has 1 aromatic heterocycles. The molecule has 2 heterocycles. The second kappa shape index (κ2) is 7.81. The standard InChI is InChI=1S/C22H26N4O3/c1-4-29-21(28)16-8-9-18-17(12-16)19(25-22-23-10-5-11-24-22)13(2)20(15-6-7-15)26(18)14(3)27/h5,8-13,15,19-20H,4,6-7H2,1-3H3,(H,23,24,25)/t13?,19?,20-/m1/s1. The van der Waals surface area contributed by atoms with E-state index in [0.717, 1.165) is 24.1 Å². The molecule has 4 rings (SSSR count). The normalized spacial score (nSPS) is 23.3. The number of nitrogens with one attached hydrogen (secondary N) is 1. The lowest BCUT2D eigenvalue weighted by molar-refractivity contribution is -0.117. The molecule has 2 aromatic rings. The molecule has 0 spiro atoms.